The second-order valence-electron chi connectivity index (χ2n) is 31.2. The summed E-state index contributed by atoms with van der Waals surface area (Å²) in [5.74, 6) is 14.1. The molecule has 0 atom stereocenters. The van der Waals surface area contributed by atoms with E-state index in [1.807, 2.05) is 0 Å². The van der Waals surface area contributed by atoms with Gasteiger partial charge in [0.1, 0.15) is 0 Å². The van der Waals surface area contributed by atoms with E-state index in [2.05, 4.69) is 112 Å². The maximum absolute atomic E-state index is 5.41. The predicted octanol–water partition coefficient (Wildman–Crippen LogP) is 34.3. The van der Waals surface area contributed by atoms with E-state index in [1.54, 1.807) is 0 Å². The van der Waals surface area contributed by atoms with Crippen LogP contribution < -0.4 is 0 Å². The molecule has 0 radical (unpaired) electrons. The van der Waals surface area contributed by atoms with Crippen molar-refractivity contribution in [3.05, 3.63) is 71.8 Å². The Kier molecular flexibility index (Phi) is 76.3. The normalized spacial score (nSPS) is 11.8. The molecule has 2 aromatic rings. The van der Waals surface area contributed by atoms with Crippen molar-refractivity contribution in [1.82, 2.24) is 0 Å². The molecule has 0 N–H and O–H groups in total. The fourth-order valence-electron chi connectivity index (χ4n) is 14.6. The van der Waals surface area contributed by atoms with E-state index in [0.29, 0.717) is 0 Å². The quantitative estimate of drug-likeness (QED) is 0.0273. The van der Waals surface area contributed by atoms with Gasteiger partial charge in [0.25, 0.3) is 0 Å². The molecular weight excluding hydrogens is 1250 g/mol. The number of unbranched alkanes of at least 4 members (excludes halogenated alkanes) is 68. The zero-order chi connectivity index (χ0) is 70.4. The van der Waals surface area contributed by atoms with E-state index in [4.69, 9.17) is 9.98 Å². The molecule has 100 heavy (non-hydrogen) atoms. The Morgan fingerprint density at radius 3 is 0.760 bits per heavy atom. The van der Waals surface area contributed by atoms with Gasteiger partial charge in [-0.15, -0.1) is 0 Å². The maximum Gasteiger partial charge on any atom is 0.0848 e. The van der Waals surface area contributed by atoms with Crippen LogP contribution in [0.1, 0.15) is 508 Å². The average Bonchev–Trinajstić information content (AvgIpc) is 0.911. The molecule has 576 valence electrons. The molecule has 0 aliphatic rings. The van der Waals surface area contributed by atoms with Crippen LogP contribution in [0.25, 0.3) is 0 Å². The molecule has 0 saturated carbocycles. The topological polar surface area (TPSA) is 24.7 Å². The summed E-state index contributed by atoms with van der Waals surface area (Å²) in [7, 11) is 0. The van der Waals surface area contributed by atoms with Crippen LogP contribution in [0.5, 0.6) is 0 Å². The van der Waals surface area contributed by atoms with Crippen LogP contribution in [-0.2, 0) is 16.5 Å². The second-order valence-corrected chi connectivity index (χ2v) is 31.2. The van der Waals surface area contributed by atoms with Crippen LogP contribution in [0.4, 0.5) is 11.4 Å². The maximum atomic E-state index is 5.41. The summed E-state index contributed by atoms with van der Waals surface area (Å²) < 4.78 is 0. The van der Waals surface area contributed by atoms with Crippen molar-refractivity contribution in [2.75, 3.05) is 0 Å². The summed E-state index contributed by atoms with van der Waals surface area (Å²) >= 11 is 0. The van der Waals surface area contributed by atoms with Gasteiger partial charge in [0, 0.05) is 40.5 Å². The third-order valence-corrected chi connectivity index (χ3v) is 21.3. The Labute approximate surface area is 637 Å². The van der Waals surface area contributed by atoms with Crippen molar-refractivity contribution in [1.29, 1.82) is 0 Å². The fraction of sp³-hybridized carbons (Fsp3) is 0.794. The zero-order valence-electron chi connectivity index (χ0n) is 67.6. The third-order valence-electron chi connectivity index (χ3n) is 21.3. The minimum Gasteiger partial charge on any atom is -0.251 e. The largest absolute Gasteiger partial charge is 0.251 e. The van der Waals surface area contributed by atoms with Crippen molar-refractivity contribution in [3.8, 4) is 23.7 Å². The number of benzene rings is 2. The Morgan fingerprint density at radius 2 is 0.500 bits per heavy atom. The SMILES string of the molecule is CCCCCCCCCCCCCCCCCCCCCC=CC(=Nc1cccc(C#CCCCCCCCCCCCCCCCCCCCCCCCCCC)c1)C(CCCC)=Nc1cccc(C#CCCCCCCCCCCCCCCCCCCCCCCCCCC)c1.[Ni]. The molecule has 0 amide bonds. The van der Waals surface area contributed by atoms with Gasteiger partial charge in [-0.2, -0.15) is 0 Å². The fourth-order valence-corrected chi connectivity index (χ4v) is 14.6. The summed E-state index contributed by atoms with van der Waals surface area (Å²) in [6.07, 6.45) is 106. The van der Waals surface area contributed by atoms with E-state index < -0.39 is 0 Å². The molecule has 0 heterocycles. The van der Waals surface area contributed by atoms with Gasteiger partial charge in [-0.05, 0) is 81.0 Å². The molecule has 0 spiro atoms. The first kappa shape index (κ1) is 95.1. The summed E-state index contributed by atoms with van der Waals surface area (Å²) in [6, 6.07) is 17.3. The van der Waals surface area contributed by atoms with Gasteiger partial charge in [0.15, 0.2) is 0 Å². The minimum absolute atomic E-state index is 0. The van der Waals surface area contributed by atoms with Crippen molar-refractivity contribution in [2.24, 2.45) is 9.98 Å². The Bertz CT molecular complexity index is 2210. The van der Waals surface area contributed by atoms with E-state index >= 15 is 0 Å². The molecule has 0 aliphatic heterocycles. The number of hydrogen-bond donors (Lipinski definition) is 0. The first-order chi connectivity index (χ1) is 49.2. The molecule has 0 fully saturated rings. The monoisotopic (exact) mass is 1420 g/mol. The predicted molar refractivity (Wildman–Crippen MR) is 450 cm³/mol. The van der Waals surface area contributed by atoms with Crippen LogP contribution in [-0.4, -0.2) is 11.4 Å². The van der Waals surface area contributed by atoms with E-state index in [0.717, 1.165) is 72.4 Å². The number of rotatable bonds is 75. The van der Waals surface area contributed by atoms with Gasteiger partial charge in [0.2, 0.25) is 0 Å². The number of aliphatic imine (C=N–C) groups is 2. The second kappa shape index (κ2) is 80.2. The van der Waals surface area contributed by atoms with E-state index in [1.165, 1.54) is 430 Å². The molecular formula is C97H168N2Ni. The Morgan fingerprint density at radius 1 is 0.270 bits per heavy atom. The van der Waals surface area contributed by atoms with Crippen molar-refractivity contribution in [3.63, 3.8) is 0 Å². The molecule has 3 heteroatoms. The molecule has 0 aromatic heterocycles. The summed E-state index contributed by atoms with van der Waals surface area (Å²) in [5, 5.41) is 0. The van der Waals surface area contributed by atoms with E-state index in [-0.39, 0.29) is 16.5 Å². The van der Waals surface area contributed by atoms with Crippen molar-refractivity contribution < 1.29 is 16.5 Å². The zero-order valence-corrected chi connectivity index (χ0v) is 68.6. The smallest absolute Gasteiger partial charge is 0.0848 e. The summed E-state index contributed by atoms with van der Waals surface area (Å²) in [4.78, 5) is 10.8. The molecule has 2 nitrogen and oxygen atoms in total. The van der Waals surface area contributed by atoms with Gasteiger partial charge in [-0.25, -0.2) is 4.99 Å². The average molecular weight is 1420 g/mol. The van der Waals surface area contributed by atoms with Gasteiger partial charge in [0.05, 0.1) is 22.8 Å². The molecule has 0 bridgehead atoms. The Hall–Kier alpha value is -2.87. The van der Waals surface area contributed by atoms with Gasteiger partial charge in [-0.3, -0.25) is 4.99 Å². The standard InChI is InChI=1S/C97H168N2.Ni/c1-5-9-13-16-19-22-25-28-31-34-37-40-42-44-46-48-51-53-56-59-62-65-68-71-74-77-82-92-84-80-86-94(90-92)98-96(88-12-8-4)97(89-79-76-73-70-67-64-61-58-55-50-39-36-33-30-27-24-21-18-15-11-7-3)99-95-87-81-85-93(91-95)83-78-75-72-69-66-63-60-57-54-52-49-47-45-43-41-38-35-32-29-26-23-20-17-14-10-6-2;/h79-81,84-87,89-91H,5-76,88H2,1-4H3;. The summed E-state index contributed by atoms with van der Waals surface area (Å²) in [6.45, 7) is 9.22. The molecule has 0 saturated heterocycles. The number of hydrogen-bond acceptors (Lipinski definition) is 2. The van der Waals surface area contributed by atoms with Crippen LogP contribution in [0.15, 0.2) is 70.7 Å². The summed E-state index contributed by atoms with van der Waals surface area (Å²) in [5.41, 5.74) is 6.11. The molecule has 0 aliphatic carbocycles. The van der Waals surface area contributed by atoms with Crippen molar-refractivity contribution in [2.45, 2.75) is 496 Å². The molecule has 2 rings (SSSR count). The van der Waals surface area contributed by atoms with E-state index in [9.17, 15) is 0 Å². The van der Waals surface area contributed by atoms with Crippen molar-refractivity contribution >= 4 is 22.8 Å². The van der Waals surface area contributed by atoms with Crippen LogP contribution in [0, 0.1) is 23.7 Å². The Balaban J connectivity index is 0.0000500. The third kappa shape index (κ3) is 67.0. The van der Waals surface area contributed by atoms with Crippen LogP contribution in [0.2, 0.25) is 0 Å². The first-order valence-electron chi connectivity index (χ1n) is 45.2. The minimum atomic E-state index is 0. The van der Waals surface area contributed by atoms with Crippen LogP contribution in [0.3, 0.4) is 0 Å². The first-order valence-corrected chi connectivity index (χ1v) is 45.2. The van der Waals surface area contributed by atoms with Gasteiger partial charge < -0.3 is 0 Å². The van der Waals surface area contributed by atoms with Gasteiger partial charge >= 0.3 is 0 Å². The van der Waals surface area contributed by atoms with Gasteiger partial charge in [-0.1, -0.05) is 487 Å². The molecule has 0 unspecified atom stereocenters. The number of allylic oxidation sites excluding steroid dienone is 2. The van der Waals surface area contributed by atoms with Crippen LogP contribution >= 0.6 is 0 Å². The number of nitrogens with zero attached hydrogens (tertiary/aromatic N) is 2. The molecule has 2 aromatic carbocycles.